The number of benzene rings is 3. The van der Waals surface area contributed by atoms with Gasteiger partial charge in [-0.15, -0.1) is 0 Å². The van der Waals surface area contributed by atoms with Crippen molar-refractivity contribution in [3.05, 3.63) is 89.3 Å². The highest BCUT2D eigenvalue weighted by Gasteiger charge is 2.24. The number of hydrogen-bond acceptors (Lipinski definition) is 5. The number of methoxy groups -OCH3 is 1. The summed E-state index contributed by atoms with van der Waals surface area (Å²) < 4.78 is 45.4. The van der Waals surface area contributed by atoms with Crippen LogP contribution in [0, 0.1) is 5.82 Å². The van der Waals surface area contributed by atoms with E-state index in [1.807, 2.05) is 0 Å². The number of sulfone groups is 1. The van der Waals surface area contributed by atoms with E-state index >= 15 is 0 Å². The zero-order chi connectivity index (χ0) is 22.0. The number of nitrogens with one attached hydrogen (secondary N) is 1. The predicted molar refractivity (Wildman–Crippen MR) is 119 cm³/mol. The zero-order valence-electron chi connectivity index (χ0n) is 16.5. The van der Waals surface area contributed by atoms with E-state index in [1.165, 1.54) is 49.7 Å². The second-order valence-electron chi connectivity index (χ2n) is 6.82. The van der Waals surface area contributed by atoms with E-state index in [1.54, 1.807) is 30.3 Å². The van der Waals surface area contributed by atoms with Crippen LogP contribution in [0.4, 0.5) is 10.1 Å². The molecule has 0 saturated carbocycles. The lowest BCUT2D eigenvalue weighted by molar-refractivity contribution is 0.415. The molecule has 0 bridgehead atoms. The largest absolute Gasteiger partial charge is 0.497 e. The highest BCUT2D eigenvalue weighted by molar-refractivity contribution is 7.91. The maximum atomic E-state index is 13.4. The molecule has 0 fully saturated rings. The van der Waals surface area contributed by atoms with Crippen molar-refractivity contribution in [1.29, 1.82) is 0 Å². The van der Waals surface area contributed by atoms with Gasteiger partial charge in [-0.2, -0.15) is 0 Å². The van der Waals surface area contributed by atoms with Crippen LogP contribution in [0.25, 0.3) is 10.9 Å². The SMILES string of the molecule is COc1ccc2ncc(S(=O)(=O)c3ccc(Cl)cc3)c(NCc3ccc(F)cc3)c2c1. The second-order valence-corrected chi connectivity index (χ2v) is 9.17. The van der Waals surface area contributed by atoms with Crippen LogP contribution in [0.5, 0.6) is 5.75 Å². The summed E-state index contributed by atoms with van der Waals surface area (Å²) in [5.74, 6) is 0.231. The molecule has 4 rings (SSSR count). The lowest BCUT2D eigenvalue weighted by Gasteiger charge is -2.16. The number of aromatic nitrogens is 1. The summed E-state index contributed by atoms with van der Waals surface area (Å²) in [5, 5.41) is 4.24. The number of anilines is 1. The molecule has 0 radical (unpaired) electrons. The van der Waals surface area contributed by atoms with Gasteiger partial charge in [-0.3, -0.25) is 4.98 Å². The number of fused-ring (bicyclic) bond motifs is 1. The summed E-state index contributed by atoms with van der Waals surface area (Å²) in [6.07, 6.45) is 1.34. The third-order valence-electron chi connectivity index (χ3n) is 4.84. The summed E-state index contributed by atoms with van der Waals surface area (Å²) in [4.78, 5) is 4.47. The Balaban J connectivity index is 1.86. The highest BCUT2D eigenvalue weighted by Crippen LogP contribution is 2.35. The van der Waals surface area contributed by atoms with Crippen LogP contribution in [-0.2, 0) is 16.4 Å². The van der Waals surface area contributed by atoms with Gasteiger partial charge in [0.25, 0.3) is 0 Å². The molecule has 0 aliphatic rings. The van der Waals surface area contributed by atoms with E-state index in [4.69, 9.17) is 16.3 Å². The maximum Gasteiger partial charge on any atom is 0.210 e. The Morgan fingerprint density at radius 3 is 2.42 bits per heavy atom. The van der Waals surface area contributed by atoms with Crippen molar-refractivity contribution in [3.8, 4) is 5.75 Å². The van der Waals surface area contributed by atoms with Gasteiger partial charge < -0.3 is 10.1 Å². The van der Waals surface area contributed by atoms with E-state index in [2.05, 4.69) is 10.3 Å². The molecule has 8 heteroatoms. The van der Waals surface area contributed by atoms with Crippen LogP contribution in [0.2, 0.25) is 5.02 Å². The van der Waals surface area contributed by atoms with E-state index in [0.29, 0.717) is 33.9 Å². The summed E-state index contributed by atoms with van der Waals surface area (Å²) in [6, 6.07) is 17.2. The molecule has 1 heterocycles. The van der Waals surface area contributed by atoms with Crippen molar-refractivity contribution < 1.29 is 17.5 Å². The summed E-state index contributed by atoms with van der Waals surface area (Å²) in [5.41, 5.74) is 1.80. The molecule has 4 aromatic rings. The average Bonchev–Trinajstić information content (AvgIpc) is 2.78. The third kappa shape index (κ3) is 4.33. The minimum atomic E-state index is -3.89. The minimum absolute atomic E-state index is 0.0256. The first kappa shape index (κ1) is 21.1. The van der Waals surface area contributed by atoms with Gasteiger partial charge >= 0.3 is 0 Å². The minimum Gasteiger partial charge on any atom is -0.497 e. The molecule has 0 aliphatic heterocycles. The van der Waals surface area contributed by atoms with Crippen molar-refractivity contribution in [2.45, 2.75) is 16.3 Å². The van der Waals surface area contributed by atoms with Crippen molar-refractivity contribution >= 4 is 38.0 Å². The molecule has 0 aliphatic carbocycles. The van der Waals surface area contributed by atoms with Crippen LogP contribution in [0.3, 0.4) is 0 Å². The van der Waals surface area contributed by atoms with Gasteiger partial charge in [0.2, 0.25) is 9.84 Å². The Labute approximate surface area is 184 Å². The van der Waals surface area contributed by atoms with Crippen molar-refractivity contribution in [3.63, 3.8) is 0 Å². The van der Waals surface area contributed by atoms with E-state index in [9.17, 15) is 12.8 Å². The first-order valence-corrected chi connectivity index (χ1v) is 11.2. The van der Waals surface area contributed by atoms with Crippen LogP contribution < -0.4 is 10.1 Å². The maximum absolute atomic E-state index is 13.4. The fourth-order valence-electron chi connectivity index (χ4n) is 3.20. The topological polar surface area (TPSA) is 68.3 Å². The number of halogens is 2. The Morgan fingerprint density at radius 1 is 1.03 bits per heavy atom. The van der Waals surface area contributed by atoms with Crippen LogP contribution in [0.15, 0.2) is 82.7 Å². The molecule has 3 aromatic carbocycles. The second kappa shape index (κ2) is 8.53. The first-order chi connectivity index (χ1) is 14.9. The van der Waals surface area contributed by atoms with Gasteiger partial charge in [0, 0.05) is 23.2 Å². The Hall–Kier alpha value is -3.16. The monoisotopic (exact) mass is 456 g/mol. The van der Waals surface area contributed by atoms with Crippen LogP contribution in [-0.4, -0.2) is 20.5 Å². The standard InChI is InChI=1S/C23H18ClFN2O3S/c1-30-18-8-11-21-20(12-18)23(27-13-15-2-6-17(25)7-3-15)22(14-26-21)31(28,29)19-9-4-16(24)5-10-19/h2-12,14H,13H2,1H3,(H,26,27). The van der Waals surface area contributed by atoms with Gasteiger partial charge in [0.1, 0.15) is 16.5 Å². The molecule has 0 atom stereocenters. The van der Waals surface area contributed by atoms with Gasteiger partial charge in [-0.25, -0.2) is 12.8 Å². The smallest absolute Gasteiger partial charge is 0.210 e. The van der Waals surface area contributed by atoms with Crippen molar-refractivity contribution in [2.24, 2.45) is 0 Å². The van der Waals surface area contributed by atoms with Gasteiger partial charge in [-0.05, 0) is 60.2 Å². The normalized spacial score (nSPS) is 11.5. The molecule has 0 saturated heterocycles. The van der Waals surface area contributed by atoms with Crippen molar-refractivity contribution in [1.82, 2.24) is 4.98 Å². The van der Waals surface area contributed by atoms with Crippen LogP contribution in [0.1, 0.15) is 5.56 Å². The molecule has 158 valence electrons. The predicted octanol–water partition coefficient (Wildman–Crippen LogP) is 5.48. The molecule has 1 aromatic heterocycles. The average molecular weight is 457 g/mol. The van der Waals surface area contributed by atoms with E-state index in [0.717, 1.165) is 5.56 Å². The molecular weight excluding hydrogens is 439 g/mol. The highest BCUT2D eigenvalue weighted by atomic mass is 35.5. The molecule has 0 amide bonds. The molecule has 5 nitrogen and oxygen atoms in total. The lowest BCUT2D eigenvalue weighted by atomic mass is 10.1. The Bertz CT molecular complexity index is 1340. The fraction of sp³-hybridized carbons (Fsp3) is 0.0870. The Morgan fingerprint density at radius 2 is 1.74 bits per heavy atom. The fourth-order valence-corrected chi connectivity index (χ4v) is 4.72. The van der Waals surface area contributed by atoms with Crippen LogP contribution >= 0.6 is 11.6 Å². The zero-order valence-corrected chi connectivity index (χ0v) is 18.0. The molecule has 31 heavy (non-hydrogen) atoms. The summed E-state index contributed by atoms with van der Waals surface area (Å²) in [7, 11) is -2.36. The Kier molecular flexibility index (Phi) is 5.80. The number of ether oxygens (including phenoxy) is 1. The summed E-state index contributed by atoms with van der Waals surface area (Å²) in [6.45, 7) is 0.291. The van der Waals surface area contributed by atoms with Gasteiger partial charge in [0.15, 0.2) is 0 Å². The first-order valence-electron chi connectivity index (χ1n) is 9.34. The number of hydrogen-bond donors (Lipinski definition) is 1. The molecule has 0 spiro atoms. The van der Waals surface area contributed by atoms with Crippen molar-refractivity contribution in [2.75, 3.05) is 12.4 Å². The lowest BCUT2D eigenvalue weighted by Crippen LogP contribution is -2.09. The number of pyridine rings is 1. The quantitative estimate of drug-likeness (QED) is 0.416. The molecule has 1 N–H and O–H groups in total. The summed E-state index contributed by atoms with van der Waals surface area (Å²) >= 11 is 5.92. The van der Waals surface area contributed by atoms with Gasteiger partial charge in [0.05, 0.1) is 23.2 Å². The molecular formula is C23H18ClFN2O3S. The van der Waals surface area contributed by atoms with E-state index in [-0.39, 0.29) is 15.6 Å². The van der Waals surface area contributed by atoms with Gasteiger partial charge in [-0.1, -0.05) is 23.7 Å². The third-order valence-corrected chi connectivity index (χ3v) is 6.87. The molecule has 0 unspecified atom stereocenters. The number of nitrogens with zero attached hydrogens (tertiary/aromatic N) is 1. The van der Waals surface area contributed by atoms with E-state index < -0.39 is 9.84 Å². The number of rotatable bonds is 6.